The van der Waals surface area contributed by atoms with Crippen molar-refractivity contribution in [2.45, 2.75) is 52.5 Å². The number of nitrogens with two attached hydrogens (primary N) is 1. The van der Waals surface area contributed by atoms with Crippen LogP contribution in [0.25, 0.3) is 0 Å². The van der Waals surface area contributed by atoms with Gasteiger partial charge in [0, 0.05) is 26.8 Å². The summed E-state index contributed by atoms with van der Waals surface area (Å²) in [6.45, 7) is 9.24. The van der Waals surface area contributed by atoms with Crippen molar-refractivity contribution in [2.75, 3.05) is 26.8 Å². The average Bonchev–Trinajstić information content (AvgIpc) is 2.37. The van der Waals surface area contributed by atoms with Gasteiger partial charge in [0.25, 0.3) is 0 Å². The summed E-state index contributed by atoms with van der Waals surface area (Å²) in [6.07, 6.45) is 3.76. The number of methoxy groups -OCH3 is 1. The highest BCUT2D eigenvalue weighted by atomic mass is 16.5. The highest BCUT2D eigenvalue weighted by Gasteiger charge is 2.31. The summed E-state index contributed by atoms with van der Waals surface area (Å²) in [7, 11) is 1.67. The molecule has 1 fully saturated rings. The first-order valence-corrected chi connectivity index (χ1v) is 7.39. The molecule has 1 aliphatic rings. The number of rotatable bonds is 5. The van der Waals surface area contributed by atoms with Gasteiger partial charge in [0.2, 0.25) is 5.91 Å². The summed E-state index contributed by atoms with van der Waals surface area (Å²) >= 11 is 0. The Bertz CT molecular complexity index is 278. The molecule has 1 rings (SSSR count). The highest BCUT2D eigenvalue weighted by molar-refractivity contribution is 5.81. The van der Waals surface area contributed by atoms with Gasteiger partial charge in [-0.25, -0.2) is 0 Å². The number of carbonyl (C=O) groups excluding carboxylic acids is 1. The molecule has 0 radical (unpaired) electrons. The van der Waals surface area contributed by atoms with E-state index in [1.54, 1.807) is 7.11 Å². The lowest BCUT2D eigenvalue weighted by Gasteiger charge is -2.39. The molecule has 1 saturated heterocycles. The Hall–Kier alpha value is -0.610. The quantitative estimate of drug-likeness (QED) is 0.778. The molecular formula is C15H30N2O2. The summed E-state index contributed by atoms with van der Waals surface area (Å²) < 4.78 is 4.99. The Balaban J connectivity index is 2.36. The van der Waals surface area contributed by atoms with Crippen LogP contribution in [-0.4, -0.2) is 43.7 Å². The lowest BCUT2D eigenvalue weighted by molar-refractivity contribution is -0.134. The first-order chi connectivity index (χ1) is 8.86. The fraction of sp³-hybridized carbons (Fsp3) is 0.933. The molecule has 1 atom stereocenters. The molecule has 0 spiro atoms. The number of likely N-dealkylation sites (tertiary alicyclic amines) is 1. The first kappa shape index (κ1) is 16.4. The van der Waals surface area contributed by atoms with Gasteiger partial charge in [-0.05, 0) is 37.0 Å². The van der Waals surface area contributed by atoms with E-state index >= 15 is 0 Å². The molecule has 4 heteroatoms. The van der Waals surface area contributed by atoms with E-state index < -0.39 is 0 Å². The van der Waals surface area contributed by atoms with Gasteiger partial charge in [-0.15, -0.1) is 0 Å². The molecule has 0 aromatic carbocycles. The van der Waals surface area contributed by atoms with Crippen LogP contribution in [0.5, 0.6) is 0 Å². The Kier molecular flexibility index (Phi) is 6.27. The van der Waals surface area contributed by atoms with Crippen molar-refractivity contribution in [3.8, 4) is 0 Å². The van der Waals surface area contributed by atoms with Crippen molar-refractivity contribution in [1.29, 1.82) is 0 Å². The second-order valence-corrected chi connectivity index (χ2v) is 6.71. The van der Waals surface area contributed by atoms with Crippen LogP contribution in [0.1, 0.15) is 46.5 Å². The minimum atomic E-state index is -0.360. The van der Waals surface area contributed by atoms with Crippen molar-refractivity contribution in [1.82, 2.24) is 4.90 Å². The Morgan fingerprint density at radius 2 is 1.95 bits per heavy atom. The molecule has 19 heavy (non-hydrogen) atoms. The Labute approximate surface area is 117 Å². The number of carbonyl (C=O) groups is 1. The van der Waals surface area contributed by atoms with Crippen molar-refractivity contribution in [2.24, 2.45) is 17.1 Å². The zero-order chi connectivity index (χ0) is 14.5. The van der Waals surface area contributed by atoms with Crippen LogP contribution >= 0.6 is 0 Å². The molecule has 0 aliphatic carbocycles. The van der Waals surface area contributed by atoms with Gasteiger partial charge in [-0.3, -0.25) is 4.79 Å². The smallest absolute Gasteiger partial charge is 0.239 e. The van der Waals surface area contributed by atoms with Gasteiger partial charge in [0.05, 0.1) is 6.04 Å². The third-order valence-electron chi connectivity index (χ3n) is 4.21. The third kappa shape index (κ3) is 5.11. The summed E-state index contributed by atoms with van der Waals surface area (Å²) in [5.41, 5.74) is 6.31. The second-order valence-electron chi connectivity index (χ2n) is 6.71. The maximum Gasteiger partial charge on any atom is 0.239 e. The lowest BCUT2D eigenvalue weighted by atomic mass is 9.75. The van der Waals surface area contributed by atoms with E-state index in [1.807, 2.05) is 4.90 Å². The summed E-state index contributed by atoms with van der Waals surface area (Å²) in [5, 5.41) is 0. The monoisotopic (exact) mass is 270 g/mol. The van der Waals surface area contributed by atoms with Gasteiger partial charge in [-0.1, -0.05) is 20.8 Å². The molecule has 4 nitrogen and oxygen atoms in total. The minimum Gasteiger partial charge on any atom is -0.385 e. The molecule has 0 aromatic rings. The van der Waals surface area contributed by atoms with E-state index in [9.17, 15) is 4.79 Å². The fourth-order valence-electron chi connectivity index (χ4n) is 2.77. The van der Waals surface area contributed by atoms with Crippen LogP contribution in [0.15, 0.2) is 0 Å². The molecule has 1 amide bonds. The van der Waals surface area contributed by atoms with Crippen LogP contribution in [-0.2, 0) is 9.53 Å². The van der Waals surface area contributed by atoms with E-state index in [1.165, 1.54) is 0 Å². The van der Waals surface area contributed by atoms with E-state index in [4.69, 9.17) is 10.5 Å². The van der Waals surface area contributed by atoms with Gasteiger partial charge in [-0.2, -0.15) is 0 Å². The number of ether oxygens (including phenoxy) is 1. The predicted molar refractivity (Wildman–Crippen MR) is 77.8 cm³/mol. The molecule has 2 N–H and O–H groups in total. The third-order valence-corrected chi connectivity index (χ3v) is 4.21. The first-order valence-electron chi connectivity index (χ1n) is 7.39. The average molecular weight is 270 g/mol. The van der Waals surface area contributed by atoms with E-state index in [2.05, 4.69) is 20.8 Å². The maximum atomic E-state index is 12.2. The predicted octanol–water partition coefficient (Wildman–Crippen LogP) is 2.02. The molecule has 0 saturated carbocycles. The Morgan fingerprint density at radius 3 is 2.42 bits per heavy atom. The van der Waals surface area contributed by atoms with Gasteiger partial charge < -0.3 is 15.4 Å². The summed E-state index contributed by atoms with van der Waals surface area (Å²) in [5.74, 6) is 0.824. The zero-order valence-corrected chi connectivity index (χ0v) is 12.9. The Morgan fingerprint density at radius 1 is 1.37 bits per heavy atom. The summed E-state index contributed by atoms with van der Waals surface area (Å²) in [6, 6.07) is -0.360. The number of piperidine rings is 1. The topological polar surface area (TPSA) is 55.6 Å². The molecule has 0 bridgehead atoms. The normalized spacial score (nSPS) is 19.5. The molecule has 0 aromatic heterocycles. The van der Waals surface area contributed by atoms with E-state index in [-0.39, 0.29) is 11.9 Å². The van der Waals surface area contributed by atoms with Gasteiger partial charge in [0.15, 0.2) is 0 Å². The minimum absolute atomic E-state index is 0.114. The van der Waals surface area contributed by atoms with Crippen LogP contribution in [0.3, 0.4) is 0 Å². The number of amides is 1. The SMILES string of the molecule is COCCCC(N)C(=O)N1CCC(C(C)(C)C)CC1. The van der Waals surface area contributed by atoms with Crippen molar-refractivity contribution in [3.05, 3.63) is 0 Å². The fourth-order valence-corrected chi connectivity index (χ4v) is 2.77. The summed E-state index contributed by atoms with van der Waals surface area (Å²) in [4.78, 5) is 14.2. The van der Waals surface area contributed by atoms with Crippen LogP contribution < -0.4 is 5.73 Å². The molecule has 1 unspecified atom stereocenters. The van der Waals surface area contributed by atoms with E-state index in [0.29, 0.717) is 24.4 Å². The molecular weight excluding hydrogens is 240 g/mol. The van der Waals surface area contributed by atoms with Gasteiger partial charge in [0.1, 0.15) is 0 Å². The van der Waals surface area contributed by atoms with Crippen LogP contribution in [0.2, 0.25) is 0 Å². The lowest BCUT2D eigenvalue weighted by Crippen LogP contribution is -2.48. The number of hydrogen-bond acceptors (Lipinski definition) is 3. The van der Waals surface area contributed by atoms with E-state index in [0.717, 1.165) is 32.4 Å². The number of hydrogen-bond donors (Lipinski definition) is 1. The second kappa shape index (κ2) is 7.25. The van der Waals surface area contributed by atoms with Crippen LogP contribution in [0.4, 0.5) is 0 Å². The standard InChI is InChI=1S/C15H30N2O2/c1-15(2,3)12-7-9-17(10-8-12)14(18)13(16)6-5-11-19-4/h12-13H,5-11,16H2,1-4H3. The largest absolute Gasteiger partial charge is 0.385 e. The highest BCUT2D eigenvalue weighted by Crippen LogP contribution is 2.34. The van der Waals surface area contributed by atoms with Gasteiger partial charge >= 0.3 is 0 Å². The number of nitrogens with zero attached hydrogens (tertiary/aromatic N) is 1. The maximum absolute atomic E-state index is 12.2. The van der Waals surface area contributed by atoms with Crippen molar-refractivity contribution < 1.29 is 9.53 Å². The molecule has 112 valence electrons. The molecule has 1 aliphatic heterocycles. The molecule has 1 heterocycles. The van der Waals surface area contributed by atoms with Crippen molar-refractivity contribution >= 4 is 5.91 Å². The van der Waals surface area contributed by atoms with Crippen molar-refractivity contribution in [3.63, 3.8) is 0 Å². The van der Waals surface area contributed by atoms with Crippen LogP contribution in [0, 0.1) is 11.3 Å². The zero-order valence-electron chi connectivity index (χ0n) is 12.9.